The zero-order chi connectivity index (χ0) is 21.9. The number of nitrogens with one attached hydrogen (secondary N) is 1. The zero-order valence-corrected chi connectivity index (χ0v) is 19.3. The lowest BCUT2D eigenvalue weighted by Crippen LogP contribution is -2.34. The summed E-state index contributed by atoms with van der Waals surface area (Å²) >= 11 is 0. The molecule has 1 saturated heterocycles. The summed E-state index contributed by atoms with van der Waals surface area (Å²) in [6, 6.07) is 15.2. The molecule has 2 heterocycles. The molecule has 1 aliphatic heterocycles. The van der Waals surface area contributed by atoms with Crippen molar-refractivity contribution in [2.24, 2.45) is 0 Å². The Bertz CT molecular complexity index is 1070. The van der Waals surface area contributed by atoms with Gasteiger partial charge in [-0.3, -0.25) is 0 Å². The molecule has 5 nitrogen and oxygen atoms in total. The summed E-state index contributed by atoms with van der Waals surface area (Å²) in [6.07, 6.45) is 5.82. The number of methoxy groups -OCH3 is 1. The lowest BCUT2D eigenvalue weighted by atomic mass is 9.88. The second kappa shape index (κ2) is 9.45. The predicted octanol–water partition coefficient (Wildman–Crippen LogP) is 5.40. The molecule has 168 valence electrons. The van der Waals surface area contributed by atoms with Crippen molar-refractivity contribution in [3.05, 3.63) is 59.4 Å². The summed E-state index contributed by atoms with van der Waals surface area (Å²) < 4.78 is 5.62. The predicted molar refractivity (Wildman–Crippen MR) is 131 cm³/mol. The number of para-hydroxylation sites is 1. The Labute approximate surface area is 191 Å². The fourth-order valence-electron chi connectivity index (χ4n) is 4.87. The fraction of sp³-hybridized carbons (Fsp3) is 0.481. The van der Waals surface area contributed by atoms with Crippen LogP contribution in [0.4, 0.5) is 5.82 Å². The van der Waals surface area contributed by atoms with Gasteiger partial charge in [-0.2, -0.15) is 0 Å². The molecule has 2 fully saturated rings. The number of nitrogens with zero attached hydrogens (tertiary/aromatic N) is 3. The van der Waals surface area contributed by atoms with E-state index in [1.54, 1.807) is 7.11 Å². The van der Waals surface area contributed by atoms with E-state index >= 15 is 0 Å². The van der Waals surface area contributed by atoms with Gasteiger partial charge in [0.2, 0.25) is 0 Å². The molecule has 0 atom stereocenters. The Morgan fingerprint density at radius 2 is 1.81 bits per heavy atom. The number of hydrogen-bond acceptors (Lipinski definition) is 5. The largest absolute Gasteiger partial charge is 0.496 e. The molecular formula is C27H34N4O. The molecule has 5 heteroatoms. The van der Waals surface area contributed by atoms with E-state index in [0.29, 0.717) is 11.8 Å². The Hall–Kier alpha value is -2.66. The van der Waals surface area contributed by atoms with Crippen LogP contribution in [0.5, 0.6) is 5.75 Å². The number of ether oxygens (including phenoxy) is 1. The van der Waals surface area contributed by atoms with Crippen LogP contribution in [-0.4, -0.2) is 36.7 Å². The Balaban J connectivity index is 1.39. The maximum Gasteiger partial charge on any atom is 0.140 e. The first-order valence-corrected chi connectivity index (χ1v) is 12.2. The number of hydrogen-bond donors (Lipinski definition) is 1. The molecule has 32 heavy (non-hydrogen) atoms. The maximum atomic E-state index is 5.62. The number of rotatable bonds is 8. The van der Waals surface area contributed by atoms with E-state index in [1.165, 1.54) is 29.4 Å². The van der Waals surface area contributed by atoms with Crippen molar-refractivity contribution >= 4 is 16.7 Å². The molecule has 0 spiro atoms. The molecule has 0 bridgehead atoms. The molecule has 1 aliphatic carbocycles. The summed E-state index contributed by atoms with van der Waals surface area (Å²) in [6.45, 7) is 6.16. The fourth-order valence-corrected chi connectivity index (χ4v) is 4.87. The smallest absolute Gasteiger partial charge is 0.140 e. The van der Waals surface area contributed by atoms with Crippen LogP contribution in [0.15, 0.2) is 42.5 Å². The van der Waals surface area contributed by atoms with E-state index in [-0.39, 0.29) is 0 Å². The van der Waals surface area contributed by atoms with Crippen molar-refractivity contribution in [1.29, 1.82) is 0 Å². The van der Waals surface area contributed by atoms with Gasteiger partial charge in [0, 0.05) is 30.9 Å². The highest BCUT2D eigenvalue weighted by Crippen LogP contribution is 2.41. The number of fused-ring (bicyclic) bond motifs is 1. The first kappa shape index (κ1) is 21.2. The average molecular weight is 431 g/mol. The van der Waals surface area contributed by atoms with Crippen LogP contribution in [0.2, 0.25) is 0 Å². The van der Waals surface area contributed by atoms with Crippen molar-refractivity contribution in [3.63, 3.8) is 0 Å². The average Bonchev–Trinajstić information content (AvgIpc) is 3.69. The Kier molecular flexibility index (Phi) is 6.26. The van der Waals surface area contributed by atoms with Crippen LogP contribution in [0.3, 0.4) is 0 Å². The van der Waals surface area contributed by atoms with Gasteiger partial charge in [0.25, 0.3) is 0 Å². The van der Waals surface area contributed by atoms with Crippen molar-refractivity contribution in [2.75, 3.05) is 31.6 Å². The third kappa shape index (κ3) is 4.44. The van der Waals surface area contributed by atoms with Crippen molar-refractivity contribution < 1.29 is 4.74 Å². The first-order valence-electron chi connectivity index (χ1n) is 12.2. The highest BCUT2D eigenvalue weighted by Gasteiger charge is 2.30. The van der Waals surface area contributed by atoms with Crippen molar-refractivity contribution in [1.82, 2.24) is 15.3 Å². The first-order chi connectivity index (χ1) is 15.8. The lowest BCUT2D eigenvalue weighted by Gasteiger charge is -2.34. The van der Waals surface area contributed by atoms with Gasteiger partial charge in [-0.25, -0.2) is 9.97 Å². The van der Waals surface area contributed by atoms with Gasteiger partial charge < -0.3 is 15.0 Å². The van der Waals surface area contributed by atoms with Gasteiger partial charge in [0.1, 0.15) is 17.4 Å². The second-order valence-electron chi connectivity index (χ2n) is 9.21. The Morgan fingerprint density at radius 3 is 2.56 bits per heavy atom. The number of aromatic nitrogens is 2. The quantitative estimate of drug-likeness (QED) is 0.485. The minimum atomic E-state index is 0.537. The highest BCUT2D eigenvalue weighted by atomic mass is 16.5. The van der Waals surface area contributed by atoms with E-state index in [9.17, 15) is 0 Å². The van der Waals surface area contributed by atoms with Crippen molar-refractivity contribution in [2.45, 2.75) is 57.4 Å². The molecule has 3 aromatic rings. The minimum Gasteiger partial charge on any atom is -0.496 e. The molecule has 2 aromatic carbocycles. The standard InChI is InChI=1S/C27H34N4O/c1-3-14-28-18-19-8-11-23-24(17-19)29-26(21-9-10-21)30-27(23)31-15-12-20(13-16-31)22-6-4-5-7-25(22)32-2/h4-8,11,17,20-21,28H,3,9-10,12-16,18H2,1-2H3. The number of benzene rings is 2. The SMILES string of the molecule is CCCNCc1ccc2c(N3CCC(c4ccccc4OC)CC3)nc(C3CC3)nc2c1. The summed E-state index contributed by atoms with van der Waals surface area (Å²) in [5, 5.41) is 4.69. The van der Waals surface area contributed by atoms with Crippen molar-refractivity contribution in [3.8, 4) is 5.75 Å². The maximum absolute atomic E-state index is 5.62. The van der Waals surface area contributed by atoms with Gasteiger partial charge >= 0.3 is 0 Å². The van der Waals surface area contributed by atoms with Gasteiger partial charge in [0.15, 0.2) is 0 Å². The molecule has 2 aliphatic rings. The van der Waals surface area contributed by atoms with Gasteiger partial charge in [-0.1, -0.05) is 31.2 Å². The molecule has 5 rings (SSSR count). The molecule has 1 saturated carbocycles. The summed E-state index contributed by atoms with van der Waals surface area (Å²) in [5.41, 5.74) is 3.73. The highest BCUT2D eigenvalue weighted by molar-refractivity contribution is 5.90. The van der Waals surface area contributed by atoms with Crippen LogP contribution in [0, 0.1) is 0 Å². The zero-order valence-electron chi connectivity index (χ0n) is 19.3. The van der Waals surface area contributed by atoms with E-state index in [1.807, 2.05) is 0 Å². The molecular weight excluding hydrogens is 396 g/mol. The topological polar surface area (TPSA) is 50.3 Å². The van der Waals surface area contributed by atoms with Crippen LogP contribution in [0.25, 0.3) is 10.9 Å². The van der Waals surface area contributed by atoms with Gasteiger partial charge in [-0.15, -0.1) is 0 Å². The lowest BCUT2D eigenvalue weighted by molar-refractivity contribution is 0.397. The molecule has 0 unspecified atom stereocenters. The van der Waals surface area contributed by atoms with Crippen LogP contribution < -0.4 is 15.0 Å². The van der Waals surface area contributed by atoms with E-state index in [2.05, 4.69) is 59.6 Å². The summed E-state index contributed by atoms with van der Waals surface area (Å²) in [4.78, 5) is 12.6. The monoisotopic (exact) mass is 430 g/mol. The van der Waals surface area contributed by atoms with Crippen LogP contribution in [0.1, 0.15) is 67.8 Å². The normalized spacial score (nSPS) is 17.1. The van der Waals surface area contributed by atoms with E-state index in [4.69, 9.17) is 14.7 Å². The van der Waals surface area contributed by atoms with Crippen LogP contribution >= 0.6 is 0 Å². The van der Waals surface area contributed by atoms with E-state index in [0.717, 1.165) is 68.3 Å². The molecule has 0 amide bonds. The van der Waals surface area contributed by atoms with Gasteiger partial charge in [-0.05, 0) is 73.9 Å². The Morgan fingerprint density at radius 1 is 1.00 bits per heavy atom. The van der Waals surface area contributed by atoms with Gasteiger partial charge in [0.05, 0.1) is 12.6 Å². The minimum absolute atomic E-state index is 0.537. The number of piperidine rings is 1. The second-order valence-corrected chi connectivity index (χ2v) is 9.21. The third-order valence-corrected chi connectivity index (χ3v) is 6.83. The van der Waals surface area contributed by atoms with E-state index < -0.39 is 0 Å². The number of anilines is 1. The third-order valence-electron chi connectivity index (χ3n) is 6.83. The molecule has 1 N–H and O–H groups in total. The summed E-state index contributed by atoms with van der Waals surface area (Å²) in [7, 11) is 1.77. The van der Waals surface area contributed by atoms with Crippen LogP contribution in [-0.2, 0) is 6.54 Å². The molecule has 0 radical (unpaired) electrons. The molecule has 1 aromatic heterocycles. The summed E-state index contributed by atoms with van der Waals surface area (Å²) in [5.74, 6) is 4.26.